The molecule has 0 amide bonds. The van der Waals surface area contributed by atoms with Crippen LogP contribution in [0, 0.1) is 0 Å². The van der Waals surface area contributed by atoms with E-state index in [1.807, 2.05) is 0 Å². The summed E-state index contributed by atoms with van der Waals surface area (Å²) in [7, 11) is -4.21. The number of benzene rings is 1. The van der Waals surface area contributed by atoms with Gasteiger partial charge in [0.25, 0.3) is 0 Å². The Morgan fingerprint density at radius 1 is 1.23 bits per heavy atom. The Balaban J connectivity index is 2.49. The molecule has 0 bridgehead atoms. The molecule has 0 aromatic heterocycles. The van der Waals surface area contributed by atoms with Crippen LogP contribution in [0.5, 0.6) is 0 Å². The number of halogens is 3. The van der Waals surface area contributed by atoms with Gasteiger partial charge in [0.15, 0.2) is 0 Å². The first-order chi connectivity index (χ1) is 9.95. The molecule has 0 atom stereocenters. The van der Waals surface area contributed by atoms with Crippen LogP contribution in [0.1, 0.15) is 57.1 Å². The average molecular weight is 335 g/mol. The van der Waals surface area contributed by atoms with Crippen molar-refractivity contribution in [2.75, 3.05) is 0 Å². The first-order valence-corrected chi connectivity index (χ1v) is 8.68. The molecule has 1 aliphatic carbocycles. The Morgan fingerprint density at radius 2 is 1.82 bits per heavy atom. The summed E-state index contributed by atoms with van der Waals surface area (Å²) in [6.45, 7) is 5.23. The van der Waals surface area contributed by atoms with Crippen molar-refractivity contribution in [2.45, 2.75) is 62.6 Å². The zero-order valence-corrected chi connectivity index (χ0v) is 13.6. The zero-order chi connectivity index (χ0) is 16.8. The molecule has 124 valence electrons. The van der Waals surface area contributed by atoms with Gasteiger partial charge in [-0.1, -0.05) is 19.9 Å². The second-order valence-electron chi connectivity index (χ2n) is 6.43. The third-order valence-corrected chi connectivity index (χ3v) is 5.80. The first kappa shape index (κ1) is 17.3. The SMILES string of the molecule is CC(C)c1ccc(S(=O)(=O)NC2(C)CCC2)c(C(F)(F)F)c1. The molecule has 3 nitrogen and oxygen atoms in total. The van der Waals surface area contributed by atoms with Gasteiger partial charge in [0.1, 0.15) is 0 Å². The van der Waals surface area contributed by atoms with Crippen LogP contribution in [0.4, 0.5) is 13.2 Å². The predicted molar refractivity (Wildman–Crippen MR) is 78.1 cm³/mol. The zero-order valence-electron chi connectivity index (χ0n) is 12.8. The number of nitrogens with one attached hydrogen (secondary N) is 1. The van der Waals surface area contributed by atoms with Gasteiger partial charge in [-0.15, -0.1) is 0 Å². The third-order valence-electron chi connectivity index (χ3n) is 4.10. The summed E-state index contributed by atoms with van der Waals surface area (Å²) in [6, 6.07) is 3.43. The second kappa shape index (κ2) is 5.53. The number of sulfonamides is 1. The van der Waals surface area contributed by atoms with Crippen molar-refractivity contribution in [1.29, 1.82) is 0 Å². The van der Waals surface area contributed by atoms with Crippen LogP contribution in [0.25, 0.3) is 0 Å². The van der Waals surface area contributed by atoms with Gasteiger partial charge in [-0.2, -0.15) is 13.2 Å². The maximum atomic E-state index is 13.3. The minimum absolute atomic E-state index is 0.116. The standard InChI is InChI=1S/C15H20F3NO2S/c1-10(2)11-5-6-13(12(9-11)15(16,17)18)22(20,21)19-14(3)7-4-8-14/h5-6,9-10,19H,4,7-8H2,1-3H3. The van der Waals surface area contributed by atoms with Gasteiger partial charge < -0.3 is 0 Å². The summed E-state index contributed by atoms with van der Waals surface area (Å²) < 4.78 is 67.0. The Kier molecular flexibility index (Phi) is 4.34. The predicted octanol–water partition coefficient (Wildman–Crippen LogP) is 4.05. The molecule has 0 aliphatic heterocycles. The molecule has 1 fully saturated rings. The maximum Gasteiger partial charge on any atom is 0.417 e. The molecule has 1 N–H and O–H groups in total. The van der Waals surface area contributed by atoms with E-state index in [9.17, 15) is 21.6 Å². The summed E-state index contributed by atoms with van der Waals surface area (Å²) in [4.78, 5) is -0.697. The van der Waals surface area contributed by atoms with E-state index in [0.717, 1.165) is 18.6 Å². The van der Waals surface area contributed by atoms with E-state index >= 15 is 0 Å². The molecule has 1 aromatic rings. The van der Waals surface area contributed by atoms with E-state index in [1.165, 1.54) is 6.07 Å². The molecule has 1 aromatic carbocycles. The van der Waals surface area contributed by atoms with Crippen LogP contribution in [0.3, 0.4) is 0 Å². The fourth-order valence-corrected chi connectivity index (χ4v) is 4.23. The van der Waals surface area contributed by atoms with Crippen molar-refractivity contribution >= 4 is 10.0 Å². The Bertz CT molecular complexity index is 662. The molecule has 0 saturated heterocycles. The van der Waals surface area contributed by atoms with Crippen LogP contribution in [-0.2, 0) is 16.2 Å². The number of hydrogen-bond acceptors (Lipinski definition) is 2. The highest BCUT2D eigenvalue weighted by Crippen LogP contribution is 2.38. The lowest BCUT2D eigenvalue weighted by Gasteiger charge is -2.38. The lowest BCUT2D eigenvalue weighted by atomic mass is 9.80. The Labute approximate surface area is 129 Å². The van der Waals surface area contributed by atoms with Gasteiger partial charge in [0, 0.05) is 5.54 Å². The van der Waals surface area contributed by atoms with Crippen LogP contribution in [0.2, 0.25) is 0 Å². The quantitative estimate of drug-likeness (QED) is 0.902. The lowest BCUT2D eigenvalue weighted by molar-refractivity contribution is -0.140. The summed E-state index contributed by atoms with van der Waals surface area (Å²) >= 11 is 0. The van der Waals surface area contributed by atoms with Gasteiger partial charge in [0.2, 0.25) is 10.0 Å². The van der Waals surface area contributed by atoms with Crippen molar-refractivity contribution < 1.29 is 21.6 Å². The fourth-order valence-electron chi connectivity index (χ4n) is 2.55. The monoisotopic (exact) mass is 335 g/mol. The van der Waals surface area contributed by atoms with E-state index in [1.54, 1.807) is 20.8 Å². The Morgan fingerprint density at radius 3 is 2.23 bits per heavy atom. The first-order valence-electron chi connectivity index (χ1n) is 7.20. The van der Waals surface area contributed by atoms with Gasteiger partial charge in [-0.05, 0) is 49.8 Å². The van der Waals surface area contributed by atoms with E-state index in [4.69, 9.17) is 0 Å². The van der Waals surface area contributed by atoms with E-state index in [2.05, 4.69) is 4.72 Å². The normalized spacial score (nSPS) is 18.3. The molecule has 0 heterocycles. The topological polar surface area (TPSA) is 46.2 Å². The number of alkyl halides is 3. The summed E-state index contributed by atoms with van der Waals surface area (Å²) in [5, 5.41) is 0. The number of hydrogen-bond donors (Lipinski definition) is 1. The van der Waals surface area contributed by atoms with Crippen molar-refractivity contribution in [3.05, 3.63) is 29.3 Å². The highest BCUT2D eigenvalue weighted by Gasteiger charge is 2.41. The highest BCUT2D eigenvalue weighted by molar-refractivity contribution is 7.89. The van der Waals surface area contributed by atoms with Gasteiger partial charge >= 0.3 is 6.18 Å². The summed E-state index contributed by atoms with van der Waals surface area (Å²) in [6.07, 6.45) is -2.57. The van der Waals surface area contributed by atoms with Crippen LogP contribution in [0.15, 0.2) is 23.1 Å². The summed E-state index contributed by atoms with van der Waals surface area (Å²) in [5.41, 5.74) is -1.28. The minimum atomic E-state index is -4.71. The molecular formula is C15H20F3NO2S. The molecule has 0 unspecified atom stereocenters. The minimum Gasteiger partial charge on any atom is -0.207 e. The highest BCUT2D eigenvalue weighted by atomic mass is 32.2. The molecule has 0 radical (unpaired) electrons. The average Bonchev–Trinajstić information content (AvgIpc) is 2.34. The third kappa shape index (κ3) is 3.46. The van der Waals surface area contributed by atoms with Crippen molar-refractivity contribution in [3.63, 3.8) is 0 Å². The van der Waals surface area contributed by atoms with Crippen molar-refractivity contribution in [2.24, 2.45) is 0 Å². The lowest BCUT2D eigenvalue weighted by Crippen LogP contribution is -2.51. The molecule has 7 heteroatoms. The van der Waals surface area contributed by atoms with E-state index in [0.29, 0.717) is 18.4 Å². The molecular weight excluding hydrogens is 315 g/mol. The van der Waals surface area contributed by atoms with Gasteiger partial charge in [0.05, 0.1) is 10.5 Å². The van der Waals surface area contributed by atoms with Crippen LogP contribution < -0.4 is 4.72 Å². The molecule has 1 saturated carbocycles. The molecule has 0 spiro atoms. The molecule has 1 aliphatic rings. The van der Waals surface area contributed by atoms with Crippen LogP contribution in [-0.4, -0.2) is 14.0 Å². The number of rotatable bonds is 4. The smallest absolute Gasteiger partial charge is 0.207 e. The second-order valence-corrected chi connectivity index (χ2v) is 8.08. The van der Waals surface area contributed by atoms with Gasteiger partial charge in [-0.25, -0.2) is 13.1 Å². The maximum absolute atomic E-state index is 13.3. The Hall–Kier alpha value is -1.08. The fraction of sp³-hybridized carbons (Fsp3) is 0.600. The van der Waals surface area contributed by atoms with Crippen molar-refractivity contribution in [3.8, 4) is 0 Å². The molecule has 22 heavy (non-hydrogen) atoms. The molecule has 2 rings (SSSR count). The largest absolute Gasteiger partial charge is 0.417 e. The van der Waals surface area contributed by atoms with Gasteiger partial charge in [-0.3, -0.25) is 0 Å². The van der Waals surface area contributed by atoms with E-state index in [-0.39, 0.29) is 5.92 Å². The van der Waals surface area contributed by atoms with Crippen molar-refractivity contribution in [1.82, 2.24) is 4.72 Å². The summed E-state index contributed by atoms with van der Waals surface area (Å²) in [5.74, 6) is -0.116. The van der Waals surface area contributed by atoms with Crippen LogP contribution >= 0.6 is 0 Å². The van der Waals surface area contributed by atoms with E-state index < -0.39 is 32.2 Å².